The molecule has 19 heavy (non-hydrogen) atoms. The van der Waals surface area contributed by atoms with Crippen LogP contribution in [0.3, 0.4) is 0 Å². The van der Waals surface area contributed by atoms with Crippen LogP contribution in [0.5, 0.6) is 0 Å². The van der Waals surface area contributed by atoms with Gasteiger partial charge in [0.05, 0.1) is 6.20 Å². The first kappa shape index (κ1) is 13.1. The molecule has 2 aromatic rings. The number of nitrogens with zero attached hydrogens (tertiary/aromatic N) is 3. The van der Waals surface area contributed by atoms with E-state index in [1.807, 2.05) is 37.4 Å². The molecule has 2 rings (SSSR count). The number of benzene rings is 1. The van der Waals surface area contributed by atoms with Crippen LogP contribution in [0.1, 0.15) is 6.92 Å². The van der Waals surface area contributed by atoms with Crippen molar-refractivity contribution in [2.75, 3.05) is 19.3 Å². The minimum Gasteiger partial charge on any atom is -0.399 e. The van der Waals surface area contributed by atoms with Crippen molar-refractivity contribution in [1.82, 2.24) is 14.7 Å². The van der Waals surface area contributed by atoms with Crippen LogP contribution in [0.25, 0.3) is 11.1 Å². The Morgan fingerprint density at radius 2 is 2.21 bits per heavy atom. The monoisotopic (exact) mass is 258 g/mol. The van der Waals surface area contributed by atoms with Crippen molar-refractivity contribution < 1.29 is 4.79 Å². The van der Waals surface area contributed by atoms with E-state index in [9.17, 15) is 4.79 Å². The molecule has 0 saturated carbocycles. The summed E-state index contributed by atoms with van der Waals surface area (Å²) in [5.74, 6) is 0.0460. The zero-order valence-corrected chi connectivity index (χ0v) is 11.2. The van der Waals surface area contributed by atoms with Gasteiger partial charge in [0.25, 0.3) is 0 Å². The lowest BCUT2D eigenvalue weighted by atomic mass is 10.1. The van der Waals surface area contributed by atoms with E-state index in [1.165, 1.54) is 0 Å². The molecule has 1 amide bonds. The fraction of sp³-hybridized carbons (Fsp3) is 0.286. The Morgan fingerprint density at radius 3 is 2.89 bits per heavy atom. The van der Waals surface area contributed by atoms with Crippen molar-refractivity contribution in [1.29, 1.82) is 0 Å². The van der Waals surface area contributed by atoms with Crippen LogP contribution in [0.2, 0.25) is 0 Å². The lowest BCUT2D eigenvalue weighted by Crippen LogP contribution is -2.29. The van der Waals surface area contributed by atoms with Crippen LogP contribution in [-0.4, -0.2) is 34.2 Å². The smallest absolute Gasteiger partial charge is 0.244 e. The highest BCUT2D eigenvalue weighted by molar-refractivity contribution is 5.75. The molecular formula is C14H18N4O. The topological polar surface area (TPSA) is 64.2 Å². The molecule has 0 aliphatic rings. The second-order valence-electron chi connectivity index (χ2n) is 4.46. The number of amides is 1. The fourth-order valence-corrected chi connectivity index (χ4v) is 1.75. The lowest BCUT2D eigenvalue weighted by Gasteiger charge is -2.13. The number of aromatic nitrogens is 2. The molecule has 0 spiro atoms. The van der Waals surface area contributed by atoms with E-state index >= 15 is 0 Å². The standard InChI is InChI=1S/C14H18N4O/c1-3-17(2)14(19)10-18-9-12(8-16-18)11-5-4-6-13(15)7-11/h4-9H,3,10,15H2,1-2H3. The Kier molecular flexibility index (Phi) is 3.85. The Balaban J connectivity index is 2.13. The highest BCUT2D eigenvalue weighted by Crippen LogP contribution is 2.20. The predicted octanol–water partition coefficient (Wildman–Crippen LogP) is 1.61. The van der Waals surface area contributed by atoms with Crippen LogP contribution >= 0.6 is 0 Å². The third kappa shape index (κ3) is 3.13. The molecule has 5 heteroatoms. The molecule has 0 radical (unpaired) electrons. The van der Waals surface area contributed by atoms with E-state index in [0.717, 1.165) is 11.1 Å². The summed E-state index contributed by atoms with van der Waals surface area (Å²) in [6, 6.07) is 7.60. The summed E-state index contributed by atoms with van der Waals surface area (Å²) < 4.78 is 1.65. The Bertz CT molecular complexity index is 576. The zero-order valence-electron chi connectivity index (χ0n) is 11.2. The molecule has 1 aromatic heterocycles. The summed E-state index contributed by atoms with van der Waals surface area (Å²) in [5.41, 5.74) is 8.43. The van der Waals surface area contributed by atoms with Crippen LogP contribution in [0, 0.1) is 0 Å². The summed E-state index contributed by atoms with van der Waals surface area (Å²) in [6.45, 7) is 2.90. The number of hydrogen-bond acceptors (Lipinski definition) is 3. The normalized spacial score (nSPS) is 10.4. The molecular weight excluding hydrogens is 240 g/mol. The van der Waals surface area contributed by atoms with E-state index < -0.39 is 0 Å². The van der Waals surface area contributed by atoms with Gasteiger partial charge in [0.1, 0.15) is 6.54 Å². The van der Waals surface area contributed by atoms with Gasteiger partial charge in [0, 0.05) is 31.0 Å². The highest BCUT2D eigenvalue weighted by atomic mass is 16.2. The Hall–Kier alpha value is -2.30. The van der Waals surface area contributed by atoms with Crippen molar-refractivity contribution >= 4 is 11.6 Å². The van der Waals surface area contributed by atoms with Gasteiger partial charge >= 0.3 is 0 Å². The van der Waals surface area contributed by atoms with Crippen molar-refractivity contribution in [3.63, 3.8) is 0 Å². The van der Waals surface area contributed by atoms with Gasteiger partial charge in [-0.15, -0.1) is 0 Å². The van der Waals surface area contributed by atoms with E-state index in [4.69, 9.17) is 5.73 Å². The quantitative estimate of drug-likeness (QED) is 0.847. The molecule has 0 fully saturated rings. The molecule has 0 aliphatic heterocycles. The van der Waals surface area contributed by atoms with E-state index in [0.29, 0.717) is 12.2 Å². The summed E-state index contributed by atoms with van der Waals surface area (Å²) in [5, 5.41) is 4.21. The third-order valence-corrected chi connectivity index (χ3v) is 3.05. The molecule has 0 unspecified atom stereocenters. The number of anilines is 1. The Morgan fingerprint density at radius 1 is 1.42 bits per heavy atom. The Labute approximate surface area is 112 Å². The van der Waals surface area contributed by atoms with Gasteiger partial charge in [-0.25, -0.2) is 0 Å². The molecule has 2 N–H and O–H groups in total. The average molecular weight is 258 g/mol. The van der Waals surface area contributed by atoms with Gasteiger partial charge < -0.3 is 10.6 Å². The van der Waals surface area contributed by atoms with Crippen molar-refractivity contribution in [3.05, 3.63) is 36.7 Å². The van der Waals surface area contributed by atoms with Gasteiger partial charge in [-0.3, -0.25) is 9.48 Å². The maximum absolute atomic E-state index is 11.8. The molecule has 5 nitrogen and oxygen atoms in total. The van der Waals surface area contributed by atoms with Crippen LogP contribution < -0.4 is 5.73 Å². The highest BCUT2D eigenvalue weighted by Gasteiger charge is 2.09. The average Bonchev–Trinajstić information content (AvgIpc) is 2.86. The van der Waals surface area contributed by atoms with E-state index in [2.05, 4.69) is 5.10 Å². The van der Waals surface area contributed by atoms with Crippen molar-refractivity contribution in [2.45, 2.75) is 13.5 Å². The summed E-state index contributed by atoms with van der Waals surface area (Å²) in [6.07, 6.45) is 3.60. The molecule has 0 saturated heterocycles. The van der Waals surface area contributed by atoms with Gasteiger partial charge in [-0.05, 0) is 24.6 Å². The van der Waals surface area contributed by atoms with Gasteiger partial charge in [-0.1, -0.05) is 12.1 Å². The minimum atomic E-state index is 0.0460. The van der Waals surface area contributed by atoms with Gasteiger partial charge in [0.2, 0.25) is 5.91 Å². The number of hydrogen-bond donors (Lipinski definition) is 1. The van der Waals surface area contributed by atoms with Crippen LogP contribution in [0.15, 0.2) is 36.7 Å². The first-order valence-electron chi connectivity index (χ1n) is 6.22. The lowest BCUT2D eigenvalue weighted by molar-refractivity contribution is -0.130. The van der Waals surface area contributed by atoms with Crippen molar-refractivity contribution in [2.24, 2.45) is 0 Å². The first-order chi connectivity index (χ1) is 9.10. The molecule has 0 bridgehead atoms. The van der Waals surface area contributed by atoms with E-state index in [-0.39, 0.29) is 12.5 Å². The number of rotatable bonds is 4. The minimum absolute atomic E-state index is 0.0460. The summed E-state index contributed by atoms with van der Waals surface area (Å²) in [4.78, 5) is 13.5. The number of nitrogens with two attached hydrogens (primary N) is 1. The zero-order chi connectivity index (χ0) is 13.8. The second-order valence-corrected chi connectivity index (χ2v) is 4.46. The van der Waals surface area contributed by atoms with Crippen LogP contribution in [0.4, 0.5) is 5.69 Å². The van der Waals surface area contributed by atoms with Gasteiger partial charge in [0.15, 0.2) is 0 Å². The predicted molar refractivity (Wildman–Crippen MR) is 75.4 cm³/mol. The number of carbonyl (C=O) groups excluding carboxylic acids is 1. The van der Waals surface area contributed by atoms with E-state index in [1.54, 1.807) is 22.8 Å². The largest absolute Gasteiger partial charge is 0.399 e. The second kappa shape index (κ2) is 5.56. The number of likely N-dealkylation sites (N-methyl/N-ethyl adjacent to an activating group) is 1. The molecule has 0 aliphatic carbocycles. The molecule has 1 aromatic carbocycles. The SMILES string of the molecule is CCN(C)C(=O)Cn1cc(-c2cccc(N)c2)cn1. The molecule has 100 valence electrons. The molecule has 0 atom stereocenters. The third-order valence-electron chi connectivity index (χ3n) is 3.05. The summed E-state index contributed by atoms with van der Waals surface area (Å²) >= 11 is 0. The summed E-state index contributed by atoms with van der Waals surface area (Å²) in [7, 11) is 1.78. The van der Waals surface area contributed by atoms with Crippen LogP contribution in [-0.2, 0) is 11.3 Å². The maximum atomic E-state index is 11.8. The fourth-order valence-electron chi connectivity index (χ4n) is 1.75. The number of nitrogen functional groups attached to an aromatic ring is 1. The van der Waals surface area contributed by atoms with Gasteiger partial charge in [-0.2, -0.15) is 5.10 Å². The molecule has 1 heterocycles. The first-order valence-corrected chi connectivity index (χ1v) is 6.22. The maximum Gasteiger partial charge on any atom is 0.244 e. The number of carbonyl (C=O) groups is 1. The van der Waals surface area contributed by atoms with Crippen molar-refractivity contribution in [3.8, 4) is 11.1 Å².